The standard InChI is InChI=1S/C19H28N2O2S/c1-3-4-7-14-9-11-15(12-10-14)21-17(24)19(2,18(22)23)16-8-5-6-13-20-16/h5-6,8,13-15H,3-4,7,9-12H2,1-2H3,(H,21,24)(H,22,23). The highest BCUT2D eigenvalue weighted by Crippen LogP contribution is 2.30. The molecule has 0 saturated heterocycles. The maximum absolute atomic E-state index is 11.9. The number of carboxylic acids is 1. The van der Waals surface area contributed by atoms with E-state index < -0.39 is 11.4 Å². The van der Waals surface area contributed by atoms with Crippen molar-refractivity contribution in [3.05, 3.63) is 30.1 Å². The lowest BCUT2D eigenvalue weighted by Crippen LogP contribution is -2.51. The van der Waals surface area contributed by atoms with E-state index in [1.165, 1.54) is 32.1 Å². The van der Waals surface area contributed by atoms with Crippen LogP contribution in [0.2, 0.25) is 0 Å². The maximum atomic E-state index is 11.9. The molecule has 2 N–H and O–H groups in total. The van der Waals surface area contributed by atoms with E-state index in [0.29, 0.717) is 10.7 Å². The predicted molar refractivity (Wildman–Crippen MR) is 100 cm³/mol. The molecule has 1 saturated carbocycles. The van der Waals surface area contributed by atoms with Crippen LogP contribution < -0.4 is 5.32 Å². The monoisotopic (exact) mass is 348 g/mol. The lowest BCUT2D eigenvalue weighted by Gasteiger charge is -2.33. The highest BCUT2D eigenvalue weighted by molar-refractivity contribution is 7.80. The van der Waals surface area contributed by atoms with Gasteiger partial charge in [-0.05, 0) is 50.7 Å². The van der Waals surface area contributed by atoms with Crippen LogP contribution in [0.25, 0.3) is 0 Å². The van der Waals surface area contributed by atoms with Crippen LogP contribution in [0, 0.1) is 5.92 Å². The third kappa shape index (κ3) is 4.32. The first kappa shape index (κ1) is 18.8. The van der Waals surface area contributed by atoms with Crippen molar-refractivity contribution < 1.29 is 9.90 Å². The van der Waals surface area contributed by atoms with E-state index in [2.05, 4.69) is 17.2 Å². The number of nitrogens with zero attached hydrogens (tertiary/aromatic N) is 1. The number of pyridine rings is 1. The summed E-state index contributed by atoms with van der Waals surface area (Å²) in [6.45, 7) is 3.87. The quantitative estimate of drug-likeness (QED) is 0.727. The fraction of sp³-hybridized carbons (Fsp3) is 0.632. The first-order chi connectivity index (χ1) is 11.5. The second-order valence-corrected chi connectivity index (χ2v) is 7.39. The number of aliphatic carboxylic acids is 1. The number of nitrogens with one attached hydrogen (secondary N) is 1. The van der Waals surface area contributed by atoms with Gasteiger partial charge in [-0.3, -0.25) is 9.78 Å². The van der Waals surface area contributed by atoms with Crippen molar-refractivity contribution in [1.29, 1.82) is 0 Å². The van der Waals surface area contributed by atoms with Crippen molar-refractivity contribution in [2.24, 2.45) is 5.92 Å². The van der Waals surface area contributed by atoms with E-state index in [9.17, 15) is 9.90 Å². The average molecular weight is 349 g/mol. The lowest BCUT2D eigenvalue weighted by molar-refractivity contribution is -0.140. The number of hydrogen-bond acceptors (Lipinski definition) is 3. The minimum atomic E-state index is -1.28. The van der Waals surface area contributed by atoms with E-state index >= 15 is 0 Å². The SMILES string of the molecule is CCCCC1CCC(NC(=S)C(C)(C(=O)O)c2ccccn2)CC1. The zero-order valence-electron chi connectivity index (χ0n) is 14.6. The second-order valence-electron chi connectivity index (χ2n) is 6.98. The summed E-state index contributed by atoms with van der Waals surface area (Å²) in [5.74, 6) is -0.145. The molecule has 1 aliphatic carbocycles. The largest absolute Gasteiger partial charge is 0.480 e. The molecule has 2 rings (SSSR count). The van der Waals surface area contributed by atoms with Crippen molar-refractivity contribution in [3.63, 3.8) is 0 Å². The molecule has 24 heavy (non-hydrogen) atoms. The van der Waals surface area contributed by atoms with Crippen LogP contribution in [-0.2, 0) is 10.2 Å². The summed E-state index contributed by atoms with van der Waals surface area (Å²) in [5, 5.41) is 13.1. The molecule has 0 bridgehead atoms. The summed E-state index contributed by atoms with van der Waals surface area (Å²) >= 11 is 5.50. The molecule has 4 nitrogen and oxygen atoms in total. The van der Waals surface area contributed by atoms with Gasteiger partial charge < -0.3 is 10.4 Å². The number of aromatic nitrogens is 1. The van der Waals surface area contributed by atoms with Gasteiger partial charge >= 0.3 is 5.97 Å². The Morgan fingerprint density at radius 2 is 2.08 bits per heavy atom. The molecule has 1 fully saturated rings. The topological polar surface area (TPSA) is 62.2 Å². The summed E-state index contributed by atoms with van der Waals surface area (Å²) < 4.78 is 0. The minimum absolute atomic E-state index is 0.276. The van der Waals surface area contributed by atoms with Crippen LogP contribution in [0.1, 0.15) is 64.5 Å². The summed E-state index contributed by atoms with van der Waals surface area (Å²) in [6, 6.07) is 5.58. The number of carboxylic acid groups (broad SMARTS) is 1. The van der Waals surface area contributed by atoms with Gasteiger partial charge in [-0.15, -0.1) is 0 Å². The molecular formula is C19H28N2O2S. The Kier molecular flexibility index (Phi) is 6.72. The molecule has 132 valence electrons. The summed E-state index contributed by atoms with van der Waals surface area (Å²) in [7, 11) is 0. The fourth-order valence-electron chi connectivity index (χ4n) is 3.40. The first-order valence-electron chi connectivity index (χ1n) is 8.94. The van der Waals surface area contributed by atoms with Crippen LogP contribution in [0.4, 0.5) is 0 Å². The van der Waals surface area contributed by atoms with Gasteiger partial charge in [0.1, 0.15) is 0 Å². The predicted octanol–water partition coefficient (Wildman–Crippen LogP) is 4.09. The molecule has 1 unspecified atom stereocenters. The van der Waals surface area contributed by atoms with Gasteiger partial charge in [-0.1, -0.05) is 44.5 Å². The summed E-state index contributed by atoms with van der Waals surface area (Å²) in [5.41, 5.74) is -0.804. The van der Waals surface area contributed by atoms with Crippen LogP contribution in [0.15, 0.2) is 24.4 Å². The first-order valence-corrected chi connectivity index (χ1v) is 9.35. The molecule has 0 radical (unpaired) electrons. The number of unbranched alkanes of at least 4 members (excludes halogenated alkanes) is 1. The Labute approximate surface area is 150 Å². The van der Waals surface area contributed by atoms with Gasteiger partial charge in [0.05, 0.1) is 10.7 Å². The number of rotatable bonds is 7. The van der Waals surface area contributed by atoms with Crippen molar-refractivity contribution in [3.8, 4) is 0 Å². The van der Waals surface area contributed by atoms with Gasteiger partial charge in [0, 0.05) is 12.2 Å². The van der Waals surface area contributed by atoms with Gasteiger partial charge in [0.2, 0.25) is 0 Å². The van der Waals surface area contributed by atoms with Crippen molar-refractivity contribution in [2.75, 3.05) is 0 Å². The molecule has 1 aromatic heterocycles. The third-order valence-corrected chi connectivity index (χ3v) is 5.73. The molecule has 0 spiro atoms. The Bertz CT molecular complexity index is 556. The molecule has 0 amide bonds. The fourth-order valence-corrected chi connectivity index (χ4v) is 3.76. The third-order valence-electron chi connectivity index (χ3n) is 5.21. The molecular weight excluding hydrogens is 320 g/mol. The van der Waals surface area contributed by atoms with E-state index in [4.69, 9.17) is 12.2 Å². The van der Waals surface area contributed by atoms with Gasteiger partial charge in [0.25, 0.3) is 0 Å². The Hall–Kier alpha value is -1.49. The highest BCUT2D eigenvalue weighted by Gasteiger charge is 2.42. The summed E-state index contributed by atoms with van der Waals surface area (Å²) in [4.78, 5) is 16.5. The molecule has 1 heterocycles. The van der Waals surface area contributed by atoms with Gasteiger partial charge in [-0.25, -0.2) is 0 Å². The van der Waals surface area contributed by atoms with Crippen molar-refractivity contribution in [2.45, 2.75) is 70.3 Å². The smallest absolute Gasteiger partial charge is 0.322 e. The van der Waals surface area contributed by atoms with Crippen LogP contribution >= 0.6 is 12.2 Å². The van der Waals surface area contributed by atoms with Crippen molar-refractivity contribution in [1.82, 2.24) is 10.3 Å². The number of thiocarbonyl (C=S) groups is 1. The van der Waals surface area contributed by atoms with Gasteiger partial charge in [-0.2, -0.15) is 0 Å². The van der Waals surface area contributed by atoms with E-state index in [1.54, 1.807) is 31.3 Å². The maximum Gasteiger partial charge on any atom is 0.322 e. The zero-order chi connectivity index (χ0) is 17.6. The molecule has 0 aliphatic heterocycles. The van der Waals surface area contributed by atoms with E-state index in [0.717, 1.165) is 18.8 Å². The second kappa shape index (κ2) is 8.56. The Morgan fingerprint density at radius 1 is 1.38 bits per heavy atom. The lowest BCUT2D eigenvalue weighted by atomic mass is 9.81. The van der Waals surface area contributed by atoms with E-state index in [1.807, 2.05) is 0 Å². The molecule has 0 aromatic carbocycles. The minimum Gasteiger partial charge on any atom is -0.480 e. The van der Waals surface area contributed by atoms with Crippen LogP contribution in [-0.4, -0.2) is 27.1 Å². The average Bonchev–Trinajstić information content (AvgIpc) is 2.60. The highest BCUT2D eigenvalue weighted by atomic mass is 32.1. The van der Waals surface area contributed by atoms with Crippen LogP contribution in [0.5, 0.6) is 0 Å². The number of hydrogen-bond donors (Lipinski definition) is 2. The zero-order valence-corrected chi connectivity index (χ0v) is 15.4. The molecule has 1 aromatic rings. The normalized spacial score (nSPS) is 23.2. The Morgan fingerprint density at radius 3 is 2.62 bits per heavy atom. The van der Waals surface area contributed by atoms with Crippen LogP contribution in [0.3, 0.4) is 0 Å². The van der Waals surface area contributed by atoms with E-state index in [-0.39, 0.29) is 6.04 Å². The van der Waals surface area contributed by atoms with Gasteiger partial charge in [0.15, 0.2) is 5.41 Å². The molecule has 1 atom stereocenters. The van der Waals surface area contributed by atoms with Crippen molar-refractivity contribution >= 4 is 23.2 Å². The number of carbonyl (C=O) groups is 1. The molecule has 5 heteroatoms. The molecule has 1 aliphatic rings. The summed E-state index contributed by atoms with van der Waals surface area (Å²) in [6.07, 6.45) is 10.0. The Balaban J connectivity index is 1.99.